The van der Waals surface area contributed by atoms with E-state index in [1.165, 1.54) is 7.05 Å². The first kappa shape index (κ1) is 7.18. The molecule has 2 amide bonds. The van der Waals surface area contributed by atoms with Crippen LogP contribution >= 0.6 is 0 Å². The summed E-state index contributed by atoms with van der Waals surface area (Å²) >= 11 is 0. The summed E-state index contributed by atoms with van der Waals surface area (Å²) in [5.41, 5.74) is 1.01. The lowest BCUT2D eigenvalue weighted by atomic mass is 10.1. The summed E-state index contributed by atoms with van der Waals surface area (Å²) in [5.74, 6) is -0.425. The number of fused-ring (bicyclic) bond motifs is 1. The molecule has 0 aromatic heterocycles. The summed E-state index contributed by atoms with van der Waals surface area (Å²) in [4.78, 5) is 23.8. The highest BCUT2D eigenvalue weighted by Gasteiger charge is 2.43. The summed E-state index contributed by atoms with van der Waals surface area (Å²) in [5, 5.41) is 0. The van der Waals surface area contributed by atoms with Crippen LogP contribution in [-0.2, 0) is 0 Å². The van der Waals surface area contributed by atoms with Gasteiger partial charge in [-0.3, -0.25) is 0 Å². The predicted molar refractivity (Wildman–Crippen MR) is 43.2 cm³/mol. The van der Waals surface area contributed by atoms with Crippen LogP contribution in [0.1, 0.15) is 20.7 Å². The number of rotatable bonds is 0. The van der Waals surface area contributed by atoms with E-state index in [-0.39, 0.29) is 11.8 Å². The molecule has 59 valence electrons. The van der Waals surface area contributed by atoms with E-state index in [0.29, 0.717) is 11.1 Å². The highest BCUT2D eigenvalue weighted by Crippen LogP contribution is 2.18. The van der Waals surface area contributed by atoms with E-state index in [1.807, 2.05) is 0 Å². The van der Waals surface area contributed by atoms with Crippen LogP contribution in [0, 0.1) is 0 Å². The predicted octanol–water partition coefficient (Wildman–Crippen LogP) is 0.750. The van der Waals surface area contributed by atoms with Crippen molar-refractivity contribution in [1.82, 2.24) is 4.90 Å². The van der Waals surface area contributed by atoms with E-state index in [0.717, 1.165) is 4.90 Å². The smallest absolute Gasteiger partial charge is 0.219 e. The van der Waals surface area contributed by atoms with Crippen LogP contribution < -0.4 is 4.90 Å². The van der Waals surface area contributed by atoms with Gasteiger partial charge in [0.1, 0.15) is 18.2 Å². The maximum atomic E-state index is 11.3. The Kier molecular flexibility index (Phi) is 1.35. The lowest BCUT2D eigenvalue weighted by molar-refractivity contribution is 0.0793. The first-order valence-electron chi connectivity index (χ1n) is 3.63. The van der Waals surface area contributed by atoms with Gasteiger partial charge in [0.25, 0.3) is 0 Å². The molecule has 1 heterocycles. The average Bonchev–Trinajstić information content (AvgIpc) is 2.33. The maximum absolute atomic E-state index is 11.3. The molecule has 0 aliphatic carbocycles. The van der Waals surface area contributed by atoms with Gasteiger partial charge >= 0.3 is 11.8 Å². The van der Waals surface area contributed by atoms with Gasteiger partial charge in [0, 0.05) is 0 Å². The van der Waals surface area contributed by atoms with Crippen molar-refractivity contribution in [2.75, 3.05) is 7.05 Å². The monoisotopic (exact) mass is 161 g/mol. The Bertz CT molecular complexity index is 336. The average molecular weight is 161 g/mol. The molecule has 1 radical (unpaired) electrons. The lowest BCUT2D eigenvalue weighted by Crippen LogP contribution is -2.30. The summed E-state index contributed by atoms with van der Waals surface area (Å²) in [7, 11) is 1.49. The summed E-state index contributed by atoms with van der Waals surface area (Å²) in [6.45, 7) is 0. The van der Waals surface area contributed by atoms with Gasteiger partial charge in [-0.1, -0.05) is 12.1 Å². The number of carbonyl (C=O) groups excluding carboxylic acids is 2. The van der Waals surface area contributed by atoms with Crippen LogP contribution in [0.3, 0.4) is 0 Å². The molecule has 0 bridgehead atoms. The number of imide groups is 1. The lowest BCUT2D eigenvalue weighted by Gasteiger charge is -1.85. The van der Waals surface area contributed by atoms with Crippen molar-refractivity contribution in [2.24, 2.45) is 0 Å². The molecule has 3 nitrogen and oxygen atoms in total. The highest BCUT2D eigenvalue weighted by atomic mass is 16.2. The third kappa shape index (κ3) is 0.740. The zero-order valence-electron chi connectivity index (χ0n) is 6.57. The van der Waals surface area contributed by atoms with Crippen molar-refractivity contribution in [2.45, 2.75) is 0 Å². The summed E-state index contributed by atoms with van der Waals surface area (Å²) in [6, 6.07) is 6.84. The number of hydrogen-bond donors (Lipinski definition) is 0. The molecule has 1 aromatic rings. The normalized spacial score (nSPS) is 16.8. The van der Waals surface area contributed by atoms with E-state index < -0.39 is 0 Å². The van der Waals surface area contributed by atoms with Gasteiger partial charge in [-0.05, 0) is 17.0 Å². The van der Waals surface area contributed by atoms with Crippen molar-refractivity contribution >= 4 is 11.8 Å². The minimum atomic E-state index is -0.212. The molecule has 0 atom stereocenters. The molecule has 0 N–H and O–H groups in total. The zero-order chi connectivity index (χ0) is 8.72. The minimum absolute atomic E-state index is 0.212. The number of nitrogens with zero attached hydrogens (tertiary/aromatic N) is 1. The Morgan fingerprint density at radius 3 is 1.83 bits per heavy atom. The van der Waals surface area contributed by atoms with Gasteiger partial charge in [0.2, 0.25) is 0 Å². The molecule has 0 saturated carbocycles. The van der Waals surface area contributed by atoms with E-state index >= 15 is 0 Å². The number of amides is 2. The van der Waals surface area contributed by atoms with Crippen molar-refractivity contribution < 1.29 is 9.59 Å². The Labute approximate surface area is 69.6 Å². The maximum Gasteiger partial charge on any atom is 0.402 e. The largest absolute Gasteiger partial charge is 0.402 e. The molecule has 1 aliphatic heterocycles. The van der Waals surface area contributed by atoms with Gasteiger partial charge in [-0.25, -0.2) is 9.59 Å². The fourth-order valence-electron chi connectivity index (χ4n) is 1.31. The third-order valence-corrected chi connectivity index (χ3v) is 2.00. The first-order valence-corrected chi connectivity index (χ1v) is 3.63. The Hall–Kier alpha value is -1.48. The van der Waals surface area contributed by atoms with Crippen molar-refractivity contribution in [1.29, 1.82) is 0 Å². The fraction of sp³-hybridized carbons (Fsp3) is 0.111. The van der Waals surface area contributed by atoms with Gasteiger partial charge in [0.15, 0.2) is 0 Å². The van der Waals surface area contributed by atoms with E-state index in [2.05, 4.69) is 0 Å². The zero-order valence-corrected chi connectivity index (χ0v) is 6.57. The molecule has 0 unspecified atom stereocenters. The highest BCUT2D eigenvalue weighted by molar-refractivity contribution is 6.23. The second-order valence-corrected chi connectivity index (χ2v) is 2.71. The van der Waals surface area contributed by atoms with Crippen LogP contribution in [0.2, 0.25) is 0 Å². The second kappa shape index (κ2) is 2.25. The fourth-order valence-corrected chi connectivity index (χ4v) is 1.31. The van der Waals surface area contributed by atoms with Crippen molar-refractivity contribution in [3.8, 4) is 0 Å². The number of hydrogen-bond acceptors (Lipinski definition) is 2. The number of benzene rings is 1. The van der Waals surface area contributed by atoms with Crippen LogP contribution in [0.15, 0.2) is 24.3 Å². The van der Waals surface area contributed by atoms with Crippen LogP contribution in [0.4, 0.5) is 0 Å². The van der Waals surface area contributed by atoms with Crippen LogP contribution in [-0.4, -0.2) is 18.9 Å². The molecule has 3 heteroatoms. The van der Waals surface area contributed by atoms with Crippen molar-refractivity contribution in [3.63, 3.8) is 0 Å². The summed E-state index contributed by atoms with van der Waals surface area (Å²) in [6.07, 6.45) is 0. The topological polar surface area (TPSA) is 40.0 Å². The molecule has 0 saturated heterocycles. The molecule has 0 fully saturated rings. The molecule has 1 aromatic carbocycles. The van der Waals surface area contributed by atoms with Gasteiger partial charge in [0.05, 0.1) is 0 Å². The molecule has 0 spiro atoms. The molecular weight excluding hydrogens is 154 g/mol. The molecular formula is C9H7NO2+. The third-order valence-electron chi connectivity index (χ3n) is 2.00. The Morgan fingerprint density at radius 1 is 1.00 bits per heavy atom. The van der Waals surface area contributed by atoms with Gasteiger partial charge < -0.3 is 0 Å². The van der Waals surface area contributed by atoms with Gasteiger partial charge in [-0.15, -0.1) is 0 Å². The van der Waals surface area contributed by atoms with Crippen molar-refractivity contribution in [3.05, 3.63) is 35.4 Å². The van der Waals surface area contributed by atoms with Crippen LogP contribution in [0.25, 0.3) is 0 Å². The van der Waals surface area contributed by atoms with E-state index in [4.69, 9.17) is 0 Å². The van der Waals surface area contributed by atoms with Crippen LogP contribution in [0.5, 0.6) is 0 Å². The number of carbonyl (C=O) groups is 2. The summed E-state index contributed by atoms with van der Waals surface area (Å²) < 4.78 is 0. The molecule has 12 heavy (non-hydrogen) atoms. The first-order chi connectivity index (χ1) is 5.72. The van der Waals surface area contributed by atoms with E-state index in [9.17, 15) is 9.59 Å². The molecule has 2 rings (SSSR count). The molecule has 1 aliphatic rings. The van der Waals surface area contributed by atoms with Gasteiger partial charge in [-0.2, -0.15) is 0 Å². The Balaban J connectivity index is 2.67. The standard InChI is InChI=1S/C9H7NO2/c1-10-8(11)6-4-2-3-5-7(6)9(10)12/h2-5H,1H3/q+1. The van der Waals surface area contributed by atoms with E-state index in [1.54, 1.807) is 24.3 Å². The minimum Gasteiger partial charge on any atom is -0.219 e. The second-order valence-electron chi connectivity index (χ2n) is 2.71. The SMILES string of the molecule is C[N+]1C(=O)c2ccccc2C1=O. The Morgan fingerprint density at radius 2 is 1.42 bits per heavy atom. The quantitative estimate of drug-likeness (QED) is 0.416.